The molecule has 0 saturated heterocycles. The van der Waals surface area contributed by atoms with Gasteiger partial charge in [0.25, 0.3) is 0 Å². The van der Waals surface area contributed by atoms with Crippen LogP contribution < -0.4 is 0 Å². The van der Waals surface area contributed by atoms with Crippen molar-refractivity contribution in [3.63, 3.8) is 0 Å². The van der Waals surface area contributed by atoms with Gasteiger partial charge in [-0.3, -0.25) is 9.59 Å². The van der Waals surface area contributed by atoms with Gasteiger partial charge in [-0.2, -0.15) is 0 Å². The molecule has 0 bridgehead atoms. The summed E-state index contributed by atoms with van der Waals surface area (Å²) >= 11 is 0. The molecule has 21 heavy (non-hydrogen) atoms. The zero-order valence-corrected chi connectivity index (χ0v) is 13.6. The predicted octanol–water partition coefficient (Wildman–Crippen LogP) is 1.47. The fraction of sp³-hybridized carbons (Fsp3) is 0.750. The lowest BCUT2D eigenvalue weighted by Crippen LogP contribution is -2.47. The summed E-state index contributed by atoms with van der Waals surface area (Å²) in [5.74, 6) is -1.78. The molecule has 0 aromatic carbocycles. The van der Waals surface area contributed by atoms with Crippen LogP contribution in [0, 0.1) is 17.8 Å². The summed E-state index contributed by atoms with van der Waals surface area (Å²) in [6.45, 7) is 9.49. The zero-order valence-electron chi connectivity index (χ0n) is 13.6. The third kappa shape index (κ3) is 3.19. The fourth-order valence-electron chi connectivity index (χ4n) is 3.90. The Morgan fingerprint density at radius 2 is 1.86 bits per heavy atom. The van der Waals surface area contributed by atoms with E-state index in [1.165, 1.54) is 13.8 Å². The molecule has 6 atom stereocenters. The molecule has 0 aliphatic heterocycles. The van der Waals surface area contributed by atoms with Gasteiger partial charge >= 0.3 is 5.97 Å². The van der Waals surface area contributed by atoms with Crippen LogP contribution in [0.25, 0.3) is 0 Å². The summed E-state index contributed by atoms with van der Waals surface area (Å²) in [6, 6.07) is 0. The minimum atomic E-state index is -1.40. The molecule has 1 rings (SSSR count). The minimum absolute atomic E-state index is 0.0979. The molecule has 1 saturated carbocycles. The molecule has 5 nitrogen and oxygen atoms in total. The molecule has 1 unspecified atom stereocenters. The van der Waals surface area contributed by atoms with E-state index < -0.39 is 29.7 Å². The van der Waals surface area contributed by atoms with Crippen LogP contribution in [0.15, 0.2) is 11.6 Å². The SMILES string of the molecule is C/C=C(/C(C)=O)[C@H]1[C@H](C)[C@H](OC(C)=O)[C@](C)(O)[C@H]1C(C)O. The highest BCUT2D eigenvalue weighted by Gasteiger charge is 2.60. The van der Waals surface area contributed by atoms with Crippen molar-refractivity contribution >= 4 is 11.8 Å². The van der Waals surface area contributed by atoms with Crippen LogP contribution in [0.5, 0.6) is 0 Å². The number of aliphatic hydroxyl groups excluding tert-OH is 1. The van der Waals surface area contributed by atoms with E-state index >= 15 is 0 Å². The first-order chi connectivity index (χ1) is 9.55. The maximum atomic E-state index is 11.9. The second-order valence-electron chi connectivity index (χ2n) is 6.21. The molecule has 0 aromatic heterocycles. The van der Waals surface area contributed by atoms with Crippen LogP contribution in [-0.4, -0.2) is 39.8 Å². The standard InChI is InChI=1S/C16H26O5/c1-7-12(9(3)17)13-8(2)15(21-11(5)19)16(6,20)14(13)10(4)18/h7-8,10,13-15,18,20H,1-6H3/b12-7-/t8-,10?,13+,14-,15-,16+/m0/s1. The van der Waals surface area contributed by atoms with Crippen molar-refractivity contribution in [2.45, 2.75) is 59.4 Å². The molecule has 2 N–H and O–H groups in total. The van der Waals surface area contributed by atoms with Gasteiger partial charge in [-0.05, 0) is 33.3 Å². The van der Waals surface area contributed by atoms with E-state index in [1.54, 1.807) is 26.8 Å². The third-order valence-electron chi connectivity index (χ3n) is 4.57. The van der Waals surface area contributed by atoms with Gasteiger partial charge < -0.3 is 14.9 Å². The van der Waals surface area contributed by atoms with Crippen molar-refractivity contribution in [1.29, 1.82) is 0 Å². The number of ether oxygens (including phenoxy) is 1. The number of allylic oxidation sites excluding steroid dienone is 2. The highest BCUT2D eigenvalue weighted by atomic mass is 16.6. The van der Waals surface area contributed by atoms with Crippen LogP contribution >= 0.6 is 0 Å². The van der Waals surface area contributed by atoms with E-state index in [0.717, 1.165) is 0 Å². The number of hydrogen-bond acceptors (Lipinski definition) is 5. The highest BCUT2D eigenvalue weighted by Crippen LogP contribution is 2.50. The van der Waals surface area contributed by atoms with Crippen LogP contribution in [0.1, 0.15) is 41.5 Å². The first-order valence-corrected chi connectivity index (χ1v) is 7.30. The Kier molecular flexibility index (Phi) is 5.34. The van der Waals surface area contributed by atoms with E-state index in [0.29, 0.717) is 5.57 Å². The first kappa shape index (κ1) is 17.9. The van der Waals surface area contributed by atoms with Crippen molar-refractivity contribution in [2.75, 3.05) is 0 Å². The summed E-state index contributed by atoms with van der Waals surface area (Å²) < 4.78 is 5.29. The molecule has 120 valence electrons. The second-order valence-corrected chi connectivity index (χ2v) is 6.21. The van der Waals surface area contributed by atoms with Crippen molar-refractivity contribution in [1.82, 2.24) is 0 Å². The molecule has 1 fully saturated rings. The van der Waals surface area contributed by atoms with E-state index in [4.69, 9.17) is 4.74 Å². The number of carbonyl (C=O) groups is 2. The Labute approximate surface area is 126 Å². The predicted molar refractivity (Wildman–Crippen MR) is 78.4 cm³/mol. The topological polar surface area (TPSA) is 83.8 Å². The number of hydrogen-bond donors (Lipinski definition) is 2. The van der Waals surface area contributed by atoms with Crippen molar-refractivity contribution in [3.8, 4) is 0 Å². The molecule has 0 aromatic rings. The minimum Gasteiger partial charge on any atom is -0.459 e. The van der Waals surface area contributed by atoms with Gasteiger partial charge in [-0.25, -0.2) is 0 Å². The van der Waals surface area contributed by atoms with E-state index in [2.05, 4.69) is 0 Å². The number of carbonyl (C=O) groups excluding carboxylic acids is 2. The summed E-state index contributed by atoms with van der Waals surface area (Å²) in [4.78, 5) is 23.2. The smallest absolute Gasteiger partial charge is 0.303 e. The number of aliphatic hydroxyl groups is 2. The van der Waals surface area contributed by atoms with E-state index in [9.17, 15) is 19.8 Å². The van der Waals surface area contributed by atoms with Gasteiger partial charge in [0.1, 0.15) is 11.7 Å². The molecule has 1 aliphatic carbocycles. The maximum absolute atomic E-state index is 11.9. The number of rotatable bonds is 4. The van der Waals surface area contributed by atoms with Crippen LogP contribution in [-0.2, 0) is 14.3 Å². The van der Waals surface area contributed by atoms with E-state index in [1.807, 2.05) is 6.92 Å². The van der Waals surface area contributed by atoms with Crippen LogP contribution in [0.2, 0.25) is 0 Å². The molecule has 5 heteroatoms. The van der Waals surface area contributed by atoms with Crippen molar-refractivity contribution < 1.29 is 24.5 Å². The normalized spacial score (nSPS) is 38.2. The third-order valence-corrected chi connectivity index (χ3v) is 4.57. The number of Topliss-reactive ketones (excluding diaryl/α,β-unsaturated/α-hetero) is 1. The molecule has 1 aliphatic rings. The van der Waals surface area contributed by atoms with Gasteiger partial charge in [0.2, 0.25) is 0 Å². The Bertz CT molecular complexity index is 450. The summed E-state index contributed by atoms with van der Waals surface area (Å²) in [5, 5.41) is 20.9. The second kappa shape index (κ2) is 6.28. The monoisotopic (exact) mass is 298 g/mol. The number of ketones is 1. The Morgan fingerprint density at radius 1 is 1.33 bits per heavy atom. The lowest BCUT2D eigenvalue weighted by atomic mass is 9.76. The zero-order chi connectivity index (χ0) is 16.5. The van der Waals surface area contributed by atoms with Gasteiger partial charge in [0.15, 0.2) is 5.78 Å². The van der Waals surface area contributed by atoms with Crippen molar-refractivity contribution in [3.05, 3.63) is 11.6 Å². The molecule has 0 spiro atoms. The largest absolute Gasteiger partial charge is 0.459 e. The fourth-order valence-corrected chi connectivity index (χ4v) is 3.90. The lowest BCUT2D eigenvalue weighted by molar-refractivity contribution is -0.166. The summed E-state index contributed by atoms with van der Waals surface area (Å²) in [6.07, 6.45) is 0.127. The average Bonchev–Trinajstić information content (AvgIpc) is 2.50. The molecule has 0 heterocycles. The van der Waals surface area contributed by atoms with E-state index in [-0.39, 0.29) is 17.6 Å². The maximum Gasteiger partial charge on any atom is 0.303 e. The van der Waals surface area contributed by atoms with Gasteiger partial charge in [0.05, 0.1) is 6.10 Å². The quantitative estimate of drug-likeness (QED) is 0.606. The first-order valence-electron chi connectivity index (χ1n) is 7.30. The number of esters is 1. The molecule has 0 radical (unpaired) electrons. The molecule has 0 amide bonds. The van der Waals surface area contributed by atoms with Gasteiger partial charge in [-0.1, -0.05) is 13.0 Å². The molecular formula is C16H26O5. The lowest BCUT2D eigenvalue weighted by Gasteiger charge is -2.34. The summed E-state index contributed by atoms with van der Waals surface area (Å²) in [5.41, 5.74) is -0.837. The molecular weight excluding hydrogens is 272 g/mol. The highest BCUT2D eigenvalue weighted by molar-refractivity contribution is 5.94. The summed E-state index contributed by atoms with van der Waals surface area (Å²) in [7, 11) is 0. The van der Waals surface area contributed by atoms with Crippen molar-refractivity contribution in [2.24, 2.45) is 17.8 Å². The van der Waals surface area contributed by atoms with Crippen LogP contribution in [0.4, 0.5) is 0 Å². The Balaban J connectivity index is 3.35. The van der Waals surface area contributed by atoms with Gasteiger partial charge in [0, 0.05) is 24.7 Å². The Hall–Kier alpha value is -1.20. The van der Waals surface area contributed by atoms with Crippen LogP contribution in [0.3, 0.4) is 0 Å². The van der Waals surface area contributed by atoms with Gasteiger partial charge in [-0.15, -0.1) is 0 Å². The average molecular weight is 298 g/mol. The Morgan fingerprint density at radius 3 is 2.19 bits per heavy atom.